The Kier molecular flexibility index (Phi) is 6.39. The number of hydrogen-bond acceptors (Lipinski definition) is 2. The van der Waals surface area contributed by atoms with Gasteiger partial charge in [0, 0.05) is 5.56 Å². The lowest BCUT2D eigenvalue weighted by Crippen LogP contribution is -2.21. The summed E-state index contributed by atoms with van der Waals surface area (Å²) in [4.78, 5) is 10.8. The molecule has 1 aliphatic rings. The van der Waals surface area contributed by atoms with Crippen LogP contribution in [0.5, 0.6) is 0 Å². The molecule has 0 aromatic heterocycles. The summed E-state index contributed by atoms with van der Waals surface area (Å²) in [5.41, 5.74) is 6.50. The van der Waals surface area contributed by atoms with E-state index in [1.54, 1.807) is 12.1 Å². The number of aryl methyl sites for hydroxylation is 1. The van der Waals surface area contributed by atoms with Gasteiger partial charge in [-0.25, -0.2) is 0 Å². The fraction of sp³-hybridized carbons (Fsp3) is 0.296. The summed E-state index contributed by atoms with van der Waals surface area (Å²) in [5.74, 6) is 5.00. The summed E-state index contributed by atoms with van der Waals surface area (Å²) in [6.07, 6.45) is 8.58. The highest BCUT2D eigenvalue weighted by molar-refractivity contribution is 5.85. The van der Waals surface area contributed by atoms with Crippen LogP contribution in [0.15, 0.2) is 66.3 Å². The predicted octanol–water partition coefficient (Wildman–Crippen LogP) is 5.18. The van der Waals surface area contributed by atoms with E-state index in [-0.39, 0.29) is 11.0 Å². The first kappa shape index (κ1) is 20.7. The first-order valence-electron chi connectivity index (χ1n) is 10.2. The van der Waals surface area contributed by atoms with Crippen molar-refractivity contribution in [1.82, 2.24) is 0 Å². The van der Waals surface area contributed by atoms with E-state index in [0.29, 0.717) is 0 Å². The fourth-order valence-corrected chi connectivity index (χ4v) is 3.89. The van der Waals surface area contributed by atoms with Gasteiger partial charge in [-0.1, -0.05) is 69.0 Å². The normalized spacial score (nSPS) is 15.8. The molecule has 1 aliphatic carbocycles. The molecule has 0 spiro atoms. The number of hydrogen-bond donors (Lipinski definition) is 0. The maximum Gasteiger partial charge on any atom is 0.0715 e. The largest absolute Gasteiger partial charge is 0.545 e. The zero-order valence-corrected chi connectivity index (χ0v) is 17.4. The van der Waals surface area contributed by atoms with E-state index in [4.69, 9.17) is 0 Å². The summed E-state index contributed by atoms with van der Waals surface area (Å²) in [7, 11) is 0. The van der Waals surface area contributed by atoms with Crippen LogP contribution < -0.4 is 5.11 Å². The van der Waals surface area contributed by atoms with E-state index in [2.05, 4.69) is 63.0 Å². The lowest BCUT2D eigenvalue weighted by Gasteiger charge is -2.34. The van der Waals surface area contributed by atoms with Crippen LogP contribution in [0.2, 0.25) is 0 Å². The molecule has 0 atom stereocenters. The molecule has 0 unspecified atom stereocenters. The maximum atomic E-state index is 10.8. The highest BCUT2D eigenvalue weighted by atomic mass is 16.4. The van der Waals surface area contributed by atoms with Crippen LogP contribution in [0.3, 0.4) is 0 Å². The van der Waals surface area contributed by atoms with Crippen molar-refractivity contribution >= 4 is 11.5 Å². The van der Waals surface area contributed by atoms with Gasteiger partial charge in [0.25, 0.3) is 0 Å². The van der Waals surface area contributed by atoms with Gasteiger partial charge in [0.05, 0.1) is 5.97 Å². The van der Waals surface area contributed by atoms with E-state index >= 15 is 0 Å². The Morgan fingerprint density at radius 2 is 1.79 bits per heavy atom. The van der Waals surface area contributed by atoms with Gasteiger partial charge < -0.3 is 9.90 Å². The molecule has 0 radical (unpaired) electrons. The van der Waals surface area contributed by atoms with E-state index in [1.807, 2.05) is 6.08 Å². The van der Waals surface area contributed by atoms with E-state index in [9.17, 15) is 9.90 Å². The number of aromatic carboxylic acids is 1. The van der Waals surface area contributed by atoms with Gasteiger partial charge in [-0.05, 0) is 83.2 Å². The van der Waals surface area contributed by atoms with Crippen molar-refractivity contribution in [2.45, 2.75) is 46.5 Å². The SMILES string of the molecule is CCc1ccc(C2=C(/C=C/C#Cc3ccc(C(=O)[O-])cc3)C(C)(C)CCC2)cc1. The molecule has 2 aromatic carbocycles. The Labute approximate surface area is 174 Å². The van der Waals surface area contributed by atoms with Crippen LogP contribution in [-0.2, 0) is 6.42 Å². The van der Waals surface area contributed by atoms with Gasteiger partial charge in [0.1, 0.15) is 0 Å². The minimum atomic E-state index is -1.17. The first-order chi connectivity index (χ1) is 13.9. The standard InChI is InChI=1S/C27H28O2/c1-4-20-11-15-22(16-12-20)24-9-7-19-27(2,3)25(24)10-6-5-8-21-13-17-23(18-14-21)26(28)29/h6,10-18H,4,7,9,19H2,1-3H3,(H,28,29)/p-1/b10-6+. The van der Waals surface area contributed by atoms with E-state index in [0.717, 1.165) is 18.4 Å². The molecule has 0 aliphatic heterocycles. The molecule has 0 fully saturated rings. The second kappa shape index (κ2) is 8.97. The first-order valence-corrected chi connectivity index (χ1v) is 10.2. The summed E-state index contributed by atoms with van der Waals surface area (Å²) in [6.45, 7) is 6.79. The highest BCUT2D eigenvalue weighted by Crippen LogP contribution is 2.44. The molecule has 3 rings (SSSR count). The molecular weight excluding hydrogens is 356 g/mol. The zero-order valence-electron chi connectivity index (χ0n) is 17.4. The van der Waals surface area contributed by atoms with Gasteiger partial charge in [0.2, 0.25) is 0 Å². The van der Waals surface area contributed by atoms with Gasteiger partial charge in [-0.15, -0.1) is 0 Å². The molecule has 148 valence electrons. The van der Waals surface area contributed by atoms with Gasteiger partial charge in [0.15, 0.2) is 0 Å². The van der Waals surface area contributed by atoms with E-state index in [1.165, 1.54) is 47.2 Å². The zero-order chi connectivity index (χ0) is 20.9. The monoisotopic (exact) mass is 383 g/mol. The molecule has 29 heavy (non-hydrogen) atoms. The third-order valence-corrected chi connectivity index (χ3v) is 5.66. The van der Waals surface area contributed by atoms with Gasteiger partial charge in [-0.3, -0.25) is 0 Å². The van der Waals surface area contributed by atoms with Gasteiger partial charge in [-0.2, -0.15) is 0 Å². The Bertz CT molecular complexity index is 991. The lowest BCUT2D eigenvalue weighted by molar-refractivity contribution is -0.255. The fourth-order valence-electron chi connectivity index (χ4n) is 3.89. The Balaban J connectivity index is 1.88. The molecule has 0 saturated carbocycles. The molecule has 2 aromatic rings. The minimum Gasteiger partial charge on any atom is -0.545 e. The van der Waals surface area contributed by atoms with Crippen molar-refractivity contribution in [1.29, 1.82) is 0 Å². The smallest absolute Gasteiger partial charge is 0.0715 e. The maximum absolute atomic E-state index is 10.8. The van der Waals surface area contributed by atoms with Gasteiger partial charge >= 0.3 is 0 Å². The molecule has 2 heteroatoms. The Morgan fingerprint density at radius 3 is 2.41 bits per heavy atom. The number of rotatable bonds is 4. The molecule has 0 N–H and O–H groups in total. The van der Waals surface area contributed by atoms with Crippen molar-refractivity contribution in [2.24, 2.45) is 5.41 Å². The predicted molar refractivity (Wildman–Crippen MR) is 117 cm³/mol. The number of carbonyl (C=O) groups excluding carboxylic acids is 1. The third-order valence-electron chi connectivity index (χ3n) is 5.66. The quantitative estimate of drug-likeness (QED) is 0.682. The second-order valence-electron chi connectivity index (χ2n) is 8.15. The average molecular weight is 384 g/mol. The van der Waals surface area contributed by atoms with Crippen LogP contribution in [0.4, 0.5) is 0 Å². The third kappa shape index (κ3) is 5.06. The van der Waals surface area contributed by atoms with Crippen molar-refractivity contribution in [3.63, 3.8) is 0 Å². The molecule has 2 nitrogen and oxygen atoms in total. The van der Waals surface area contributed by atoms with Crippen LogP contribution in [0.25, 0.3) is 5.57 Å². The van der Waals surface area contributed by atoms with Crippen LogP contribution >= 0.6 is 0 Å². The Morgan fingerprint density at radius 1 is 1.10 bits per heavy atom. The highest BCUT2D eigenvalue weighted by Gasteiger charge is 2.28. The molecule has 0 saturated heterocycles. The van der Waals surface area contributed by atoms with Crippen molar-refractivity contribution in [3.05, 3.63) is 88.5 Å². The van der Waals surface area contributed by atoms with Crippen LogP contribution in [0, 0.1) is 17.3 Å². The summed E-state index contributed by atoms with van der Waals surface area (Å²) >= 11 is 0. The van der Waals surface area contributed by atoms with Crippen LogP contribution in [-0.4, -0.2) is 5.97 Å². The lowest BCUT2D eigenvalue weighted by atomic mass is 9.71. The second-order valence-corrected chi connectivity index (χ2v) is 8.15. The number of carbonyl (C=O) groups is 1. The summed E-state index contributed by atoms with van der Waals surface area (Å²) in [5, 5.41) is 10.8. The summed E-state index contributed by atoms with van der Waals surface area (Å²) < 4.78 is 0. The van der Waals surface area contributed by atoms with Crippen LogP contribution in [0.1, 0.15) is 67.1 Å². The average Bonchev–Trinajstić information content (AvgIpc) is 2.72. The number of benzene rings is 2. The molecule has 0 amide bonds. The molecule has 0 heterocycles. The summed E-state index contributed by atoms with van der Waals surface area (Å²) in [6, 6.07) is 15.4. The number of allylic oxidation sites excluding steroid dienone is 4. The molecular formula is C27H27O2-. The Hall–Kier alpha value is -3.05. The molecule has 0 bridgehead atoms. The number of carboxylic acid groups (broad SMARTS) is 1. The number of carboxylic acids is 1. The topological polar surface area (TPSA) is 40.1 Å². The van der Waals surface area contributed by atoms with E-state index < -0.39 is 5.97 Å². The minimum absolute atomic E-state index is 0.116. The van der Waals surface area contributed by atoms with Crippen molar-refractivity contribution in [3.8, 4) is 11.8 Å². The van der Waals surface area contributed by atoms with Crippen molar-refractivity contribution < 1.29 is 9.90 Å². The van der Waals surface area contributed by atoms with Crippen molar-refractivity contribution in [2.75, 3.05) is 0 Å².